The smallest absolute Gasteiger partial charge is 0.429 e. The van der Waals surface area contributed by atoms with Crippen LogP contribution >= 0.6 is 0 Å². The van der Waals surface area contributed by atoms with E-state index in [9.17, 15) is 19.7 Å². The highest BCUT2D eigenvalue weighted by molar-refractivity contribution is 6.07. The molecule has 0 aliphatic heterocycles. The molecule has 0 N–H and O–H groups in total. The number of nitro groups is 1. The quantitative estimate of drug-likeness (QED) is 0.193. The van der Waals surface area contributed by atoms with Gasteiger partial charge in [0.2, 0.25) is 0 Å². The summed E-state index contributed by atoms with van der Waals surface area (Å²) in [6.45, 7) is 3.85. The molecule has 0 aliphatic carbocycles. The topological polar surface area (TPSA) is 93.0 Å². The Balaban J connectivity index is 1.73. The number of carbonyl (C=O) groups is 2. The highest BCUT2D eigenvalue weighted by Crippen LogP contribution is 2.25. The third-order valence-corrected chi connectivity index (χ3v) is 6.39. The summed E-state index contributed by atoms with van der Waals surface area (Å²) < 4.78 is 5.66. The van der Waals surface area contributed by atoms with Crippen molar-refractivity contribution in [3.63, 3.8) is 0 Å². The molecule has 0 bridgehead atoms. The molecular weight excluding hydrogens is 482 g/mol. The monoisotopic (exact) mass is 511 g/mol. The van der Waals surface area contributed by atoms with Gasteiger partial charge in [-0.15, -0.1) is 0 Å². The molecule has 0 radical (unpaired) electrons. The second-order valence-corrected chi connectivity index (χ2v) is 8.96. The minimum atomic E-state index is -0.654. The zero-order valence-corrected chi connectivity index (χ0v) is 21.3. The second kappa shape index (κ2) is 12.0. The molecule has 0 aliphatic rings. The van der Waals surface area contributed by atoms with Crippen LogP contribution in [0.1, 0.15) is 41.8 Å². The first-order valence-corrected chi connectivity index (χ1v) is 12.4. The van der Waals surface area contributed by atoms with Gasteiger partial charge in [0.05, 0.1) is 17.5 Å². The number of rotatable bonds is 8. The first kappa shape index (κ1) is 26.3. The van der Waals surface area contributed by atoms with E-state index in [4.69, 9.17) is 4.74 Å². The van der Waals surface area contributed by atoms with Gasteiger partial charge in [-0.3, -0.25) is 14.9 Å². The van der Waals surface area contributed by atoms with Gasteiger partial charge in [0.25, 0.3) is 11.6 Å². The molecule has 38 heavy (non-hydrogen) atoms. The fraction of sp³-hybridized carbons (Fsp3) is 0.200. The van der Waals surface area contributed by atoms with Crippen LogP contribution in [0.15, 0.2) is 97.1 Å². The highest BCUT2D eigenvalue weighted by atomic mass is 16.6. The predicted molar refractivity (Wildman–Crippen MR) is 145 cm³/mol. The van der Waals surface area contributed by atoms with E-state index in [1.807, 2.05) is 74.5 Å². The van der Waals surface area contributed by atoms with Crippen molar-refractivity contribution in [3.05, 3.63) is 124 Å². The molecule has 0 aromatic heterocycles. The van der Waals surface area contributed by atoms with Gasteiger partial charge in [-0.1, -0.05) is 85.8 Å². The van der Waals surface area contributed by atoms with E-state index >= 15 is 0 Å². The van der Waals surface area contributed by atoms with Crippen LogP contribution in [0.3, 0.4) is 0 Å². The van der Waals surface area contributed by atoms with E-state index in [2.05, 4.69) is 0 Å². The highest BCUT2D eigenvalue weighted by Gasteiger charge is 2.32. The molecule has 2 amide bonds. The Morgan fingerprint density at radius 1 is 0.868 bits per heavy atom. The summed E-state index contributed by atoms with van der Waals surface area (Å²) in [6, 6.07) is 27.9. The molecule has 0 saturated carbocycles. The Kier molecular flexibility index (Phi) is 8.33. The van der Waals surface area contributed by atoms with Crippen molar-refractivity contribution in [1.82, 2.24) is 10.0 Å². The molecule has 1 atom stereocenters. The lowest BCUT2D eigenvalue weighted by Gasteiger charge is -2.38. The first-order valence-electron chi connectivity index (χ1n) is 12.4. The second-order valence-electron chi connectivity index (χ2n) is 8.96. The van der Waals surface area contributed by atoms with Crippen molar-refractivity contribution >= 4 is 28.5 Å². The van der Waals surface area contributed by atoms with Crippen LogP contribution in [-0.4, -0.2) is 33.0 Å². The lowest BCUT2D eigenvalue weighted by atomic mass is 10.0. The Bertz CT molecular complexity index is 1420. The Hall–Kier alpha value is -4.72. The van der Waals surface area contributed by atoms with Crippen LogP contribution in [0.2, 0.25) is 0 Å². The predicted octanol–water partition coefficient (Wildman–Crippen LogP) is 6.74. The van der Waals surface area contributed by atoms with Crippen LogP contribution in [0.25, 0.3) is 10.8 Å². The van der Waals surface area contributed by atoms with E-state index in [1.54, 1.807) is 24.3 Å². The molecule has 4 aromatic carbocycles. The Labute approximate surface area is 221 Å². The number of benzene rings is 4. The number of hydrogen-bond acceptors (Lipinski definition) is 5. The maximum absolute atomic E-state index is 14.1. The molecule has 0 saturated heterocycles. The molecule has 8 nitrogen and oxygen atoms in total. The average Bonchev–Trinajstić information content (AvgIpc) is 2.95. The summed E-state index contributed by atoms with van der Waals surface area (Å²) in [7, 11) is 0. The number of hydrogen-bond donors (Lipinski definition) is 0. The van der Waals surface area contributed by atoms with Crippen LogP contribution in [-0.2, 0) is 17.9 Å². The molecule has 8 heteroatoms. The molecule has 0 heterocycles. The first-order chi connectivity index (χ1) is 18.4. The summed E-state index contributed by atoms with van der Waals surface area (Å²) in [4.78, 5) is 38.3. The minimum absolute atomic E-state index is 0.0187. The third kappa shape index (κ3) is 5.98. The standard InChI is InChI=1S/C30H29N3O5/c1-3-22(2)32(30(35)38-21-24-10-5-4-6-11-24)31(20-23-16-18-26(19-17-23)33(36)37)29(34)28-15-9-13-25-12-7-8-14-27(25)28/h4-19,22H,3,20-21H2,1-2H3/t22-/m0/s1. The molecular formula is C30H29N3O5. The van der Waals surface area contributed by atoms with E-state index in [0.717, 1.165) is 16.3 Å². The van der Waals surface area contributed by atoms with E-state index in [-0.39, 0.29) is 30.8 Å². The number of hydrazine groups is 1. The minimum Gasteiger partial charge on any atom is -0.443 e. The van der Waals surface area contributed by atoms with Crippen LogP contribution in [0.4, 0.5) is 10.5 Å². The lowest BCUT2D eigenvalue weighted by Crippen LogP contribution is -2.53. The van der Waals surface area contributed by atoms with Gasteiger partial charge in [-0.2, -0.15) is 0 Å². The van der Waals surface area contributed by atoms with Crippen molar-refractivity contribution in [1.29, 1.82) is 0 Å². The molecule has 4 aromatic rings. The molecule has 194 valence electrons. The number of non-ortho nitro benzene ring substituents is 1. The third-order valence-electron chi connectivity index (χ3n) is 6.39. The van der Waals surface area contributed by atoms with E-state index in [0.29, 0.717) is 17.5 Å². The van der Waals surface area contributed by atoms with Crippen molar-refractivity contribution < 1.29 is 19.2 Å². The van der Waals surface area contributed by atoms with Gasteiger partial charge in [-0.05, 0) is 41.3 Å². The lowest BCUT2D eigenvalue weighted by molar-refractivity contribution is -0.384. The van der Waals surface area contributed by atoms with Crippen LogP contribution in [0, 0.1) is 10.1 Å². The van der Waals surface area contributed by atoms with Crippen molar-refractivity contribution in [2.45, 2.75) is 39.5 Å². The van der Waals surface area contributed by atoms with Crippen LogP contribution in [0.5, 0.6) is 0 Å². The van der Waals surface area contributed by atoms with Gasteiger partial charge >= 0.3 is 6.09 Å². The van der Waals surface area contributed by atoms with Gasteiger partial charge in [0, 0.05) is 17.7 Å². The van der Waals surface area contributed by atoms with Crippen LogP contribution < -0.4 is 0 Å². The fourth-order valence-electron chi connectivity index (χ4n) is 4.17. The number of carbonyl (C=O) groups excluding carboxylic acids is 2. The SMILES string of the molecule is CC[C@H](C)N(C(=O)OCc1ccccc1)N(Cc1ccc([N+](=O)[O-])cc1)C(=O)c1cccc2ccccc12. The zero-order chi connectivity index (χ0) is 27.1. The summed E-state index contributed by atoms with van der Waals surface area (Å²) in [5, 5.41) is 15.5. The summed E-state index contributed by atoms with van der Waals surface area (Å²) in [5.41, 5.74) is 1.84. The van der Waals surface area contributed by atoms with Crippen molar-refractivity contribution in [2.24, 2.45) is 0 Å². The Morgan fingerprint density at radius 2 is 1.53 bits per heavy atom. The Morgan fingerprint density at radius 3 is 2.21 bits per heavy atom. The maximum atomic E-state index is 14.1. The maximum Gasteiger partial charge on any atom is 0.429 e. The van der Waals surface area contributed by atoms with Gasteiger partial charge in [-0.25, -0.2) is 14.8 Å². The van der Waals surface area contributed by atoms with Gasteiger partial charge in [0.15, 0.2) is 0 Å². The van der Waals surface area contributed by atoms with Gasteiger partial charge < -0.3 is 4.74 Å². The van der Waals surface area contributed by atoms with Gasteiger partial charge in [0.1, 0.15) is 6.61 Å². The molecule has 4 rings (SSSR count). The summed E-state index contributed by atoms with van der Waals surface area (Å²) in [6.07, 6.45) is -0.0845. The average molecular weight is 512 g/mol. The number of nitro benzene ring substituents is 1. The van der Waals surface area contributed by atoms with Crippen molar-refractivity contribution in [2.75, 3.05) is 0 Å². The number of ether oxygens (including phenoxy) is 1. The zero-order valence-electron chi connectivity index (χ0n) is 21.3. The number of nitrogens with zero attached hydrogens (tertiary/aromatic N) is 3. The number of fused-ring (bicyclic) bond motifs is 1. The molecule has 0 spiro atoms. The fourth-order valence-corrected chi connectivity index (χ4v) is 4.17. The van der Waals surface area contributed by atoms with E-state index in [1.165, 1.54) is 22.2 Å². The van der Waals surface area contributed by atoms with E-state index < -0.39 is 11.0 Å². The summed E-state index contributed by atoms with van der Waals surface area (Å²) in [5.74, 6) is -0.378. The normalized spacial score (nSPS) is 11.5. The molecule has 0 unspecified atom stereocenters. The molecule has 0 fully saturated rings. The largest absolute Gasteiger partial charge is 0.443 e. The summed E-state index contributed by atoms with van der Waals surface area (Å²) >= 11 is 0. The van der Waals surface area contributed by atoms with Crippen molar-refractivity contribution in [3.8, 4) is 0 Å². The number of amides is 2.